The Morgan fingerprint density at radius 1 is 1.31 bits per heavy atom. The van der Waals surface area contributed by atoms with Gasteiger partial charge < -0.3 is 15.5 Å². The van der Waals surface area contributed by atoms with E-state index < -0.39 is 0 Å². The maximum Gasteiger partial charge on any atom is 0.239 e. The van der Waals surface area contributed by atoms with Crippen LogP contribution in [0.5, 0.6) is 0 Å². The lowest BCUT2D eigenvalue weighted by molar-refractivity contribution is -0.133. The molecule has 29 heavy (non-hydrogen) atoms. The number of carbonyl (C=O) groups is 1. The summed E-state index contributed by atoms with van der Waals surface area (Å²) in [5.74, 6) is 0.781. The zero-order valence-corrected chi connectivity index (χ0v) is 20.1. The van der Waals surface area contributed by atoms with Crippen LogP contribution in [0, 0.1) is 5.82 Å². The Hall–Kier alpha value is -1.42. The number of likely N-dealkylation sites (N-methyl/N-ethyl adjacent to an activating group) is 1. The van der Waals surface area contributed by atoms with Crippen LogP contribution in [-0.2, 0) is 11.2 Å². The summed E-state index contributed by atoms with van der Waals surface area (Å²) in [4.78, 5) is 20.8. The standard InChI is InChI=1S/C21H34FN5O.HI/c1-4-23-21(25-14-12-17-9-5-6-10-18(17)22)24-13-8-16-27-15-7-11-19(27)20(28)26(2)3;/h5-6,9-10,19H,4,7-8,11-16H2,1-3H3,(H2,23,24,25);1H. The summed E-state index contributed by atoms with van der Waals surface area (Å²) in [6.07, 6.45) is 3.54. The number of aliphatic imine (C=N–C) groups is 1. The third-order valence-electron chi connectivity index (χ3n) is 4.95. The minimum atomic E-state index is -0.168. The number of nitrogens with one attached hydrogen (secondary N) is 2. The van der Waals surface area contributed by atoms with Gasteiger partial charge in [-0.3, -0.25) is 14.7 Å². The predicted molar refractivity (Wildman–Crippen MR) is 127 cm³/mol. The number of likely N-dealkylation sites (tertiary alicyclic amines) is 1. The van der Waals surface area contributed by atoms with Crippen LogP contribution < -0.4 is 10.6 Å². The first kappa shape index (κ1) is 25.6. The smallest absolute Gasteiger partial charge is 0.239 e. The summed E-state index contributed by atoms with van der Waals surface area (Å²) in [7, 11) is 3.64. The van der Waals surface area contributed by atoms with Gasteiger partial charge in [-0.05, 0) is 50.8 Å². The van der Waals surface area contributed by atoms with Crippen LogP contribution in [0.1, 0.15) is 31.7 Å². The lowest BCUT2D eigenvalue weighted by Gasteiger charge is -2.25. The van der Waals surface area contributed by atoms with Crippen molar-refractivity contribution < 1.29 is 9.18 Å². The molecule has 1 fully saturated rings. The second-order valence-electron chi connectivity index (χ2n) is 7.31. The Bertz CT molecular complexity index is 656. The van der Waals surface area contributed by atoms with Crippen molar-refractivity contribution in [2.45, 2.75) is 38.6 Å². The van der Waals surface area contributed by atoms with Crippen molar-refractivity contribution in [2.24, 2.45) is 4.99 Å². The van der Waals surface area contributed by atoms with E-state index in [0.717, 1.165) is 44.9 Å². The zero-order chi connectivity index (χ0) is 20.4. The minimum absolute atomic E-state index is 0. The molecular weight excluding hydrogens is 484 g/mol. The van der Waals surface area contributed by atoms with Crippen molar-refractivity contribution in [3.8, 4) is 0 Å². The average molecular weight is 519 g/mol. The van der Waals surface area contributed by atoms with E-state index in [9.17, 15) is 9.18 Å². The Labute approximate surface area is 191 Å². The van der Waals surface area contributed by atoms with Gasteiger partial charge in [-0.25, -0.2) is 4.39 Å². The van der Waals surface area contributed by atoms with Crippen molar-refractivity contribution in [2.75, 3.05) is 46.8 Å². The number of halogens is 2. The molecule has 1 unspecified atom stereocenters. The van der Waals surface area contributed by atoms with Gasteiger partial charge in [0.2, 0.25) is 5.91 Å². The Morgan fingerprint density at radius 3 is 2.76 bits per heavy atom. The molecule has 0 bridgehead atoms. The van der Waals surface area contributed by atoms with Crippen molar-refractivity contribution in [1.82, 2.24) is 20.4 Å². The molecule has 2 rings (SSSR count). The molecule has 0 spiro atoms. The molecule has 164 valence electrons. The Balaban J connectivity index is 0.00000420. The number of hydrogen-bond donors (Lipinski definition) is 2. The molecule has 1 amide bonds. The quantitative estimate of drug-likeness (QED) is 0.228. The number of rotatable bonds is 9. The van der Waals surface area contributed by atoms with Crippen LogP contribution in [-0.4, -0.2) is 74.5 Å². The van der Waals surface area contributed by atoms with Crippen molar-refractivity contribution in [3.63, 3.8) is 0 Å². The van der Waals surface area contributed by atoms with Crippen LogP contribution >= 0.6 is 24.0 Å². The van der Waals surface area contributed by atoms with Gasteiger partial charge in [0, 0.05) is 40.3 Å². The third kappa shape index (κ3) is 8.46. The zero-order valence-electron chi connectivity index (χ0n) is 17.8. The van der Waals surface area contributed by atoms with Crippen LogP contribution in [0.2, 0.25) is 0 Å². The second kappa shape index (κ2) is 13.7. The van der Waals surface area contributed by atoms with Crippen molar-refractivity contribution in [1.29, 1.82) is 0 Å². The number of carbonyl (C=O) groups excluding carboxylic acids is 1. The maximum atomic E-state index is 13.7. The highest BCUT2D eigenvalue weighted by Crippen LogP contribution is 2.18. The lowest BCUT2D eigenvalue weighted by Crippen LogP contribution is -2.43. The SMILES string of the molecule is CCNC(=NCCCN1CCCC1C(=O)N(C)C)NCCc1ccccc1F.I. The van der Waals surface area contributed by atoms with Gasteiger partial charge in [-0.1, -0.05) is 18.2 Å². The molecule has 8 heteroatoms. The largest absolute Gasteiger partial charge is 0.357 e. The highest BCUT2D eigenvalue weighted by atomic mass is 127. The number of nitrogens with zero attached hydrogens (tertiary/aromatic N) is 3. The van der Waals surface area contributed by atoms with Crippen LogP contribution in [0.4, 0.5) is 4.39 Å². The average Bonchev–Trinajstić information content (AvgIpc) is 3.14. The van der Waals surface area contributed by atoms with Crippen LogP contribution in [0.25, 0.3) is 0 Å². The first-order valence-corrected chi connectivity index (χ1v) is 10.2. The topological polar surface area (TPSA) is 60.0 Å². The van der Waals surface area contributed by atoms with Crippen molar-refractivity contribution >= 4 is 35.8 Å². The van der Waals surface area contributed by atoms with Crippen LogP contribution in [0.15, 0.2) is 29.3 Å². The summed E-state index contributed by atoms with van der Waals surface area (Å²) in [5.41, 5.74) is 0.705. The molecule has 1 aromatic carbocycles. The summed E-state index contributed by atoms with van der Waals surface area (Å²) < 4.78 is 13.7. The summed E-state index contributed by atoms with van der Waals surface area (Å²) in [5, 5.41) is 6.49. The molecule has 1 aliphatic rings. The number of amides is 1. The van der Waals surface area contributed by atoms with E-state index >= 15 is 0 Å². The molecule has 0 aliphatic carbocycles. The Morgan fingerprint density at radius 2 is 2.07 bits per heavy atom. The molecular formula is C21H35FIN5O. The molecule has 1 aliphatic heterocycles. The van der Waals surface area contributed by atoms with Gasteiger partial charge in [-0.15, -0.1) is 24.0 Å². The number of hydrogen-bond acceptors (Lipinski definition) is 3. The fourth-order valence-corrected chi connectivity index (χ4v) is 3.49. The first-order valence-electron chi connectivity index (χ1n) is 10.2. The van der Waals surface area contributed by atoms with E-state index in [2.05, 4.69) is 20.5 Å². The molecule has 0 radical (unpaired) electrons. The summed E-state index contributed by atoms with van der Waals surface area (Å²) in [6, 6.07) is 6.87. The van der Waals surface area contributed by atoms with Crippen molar-refractivity contribution in [3.05, 3.63) is 35.6 Å². The van der Waals surface area contributed by atoms with Gasteiger partial charge in [-0.2, -0.15) is 0 Å². The molecule has 0 saturated carbocycles. The van der Waals surface area contributed by atoms with Gasteiger partial charge >= 0.3 is 0 Å². The molecule has 0 aromatic heterocycles. The van der Waals surface area contributed by atoms with Gasteiger partial charge in [0.1, 0.15) is 5.82 Å². The van der Waals surface area contributed by atoms with Gasteiger partial charge in [0.25, 0.3) is 0 Å². The Kier molecular flexibility index (Phi) is 12.1. The van der Waals surface area contributed by atoms with E-state index in [1.165, 1.54) is 6.07 Å². The van der Waals surface area contributed by atoms with E-state index in [4.69, 9.17) is 0 Å². The second-order valence-corrected chi connectivity index (χ2v) is 7.31. The van der Waals surface area contributed by atoms with E-state index in [1.807, 2.05) is 33.2 Å². The van der Waals surface area contributed by atoms with Gasteiger partial charge in [0.05, 0.1) is 6.04 Å². The molecule has 1 saturated heterocycles. The van der Waals surface area contributed by atoms with E-state index in [1.54, 1.807) is 11.0 Å². The summed E-state index contributed by atoms with van der Waals surface area (Å²) >= 11 is 0. The van der Waals surface area contributed by atoms with E-state index in [-0.39, 0.29) is 41.7 Å². The van der Waals surface area contributed by atoms with Crippen LogP contribution in [0.3, 0.4) is 0 Å². The minimum Gasteiger partial charge on any atom is -0.357 e. The normalized spacial score (nSPS) is 17.0. The molecule has 1 atom stereocenters. The molecule has 1 aromatic rings. The molecule has 1 heterocycles. The molecule has 2 N–H and O–H groups in total. The number of benzene rings is 1. The fourth-order valence-electron chi connectivity index (χ4n) is 3.49. The van der Waals surface area contributed by atoms with E-state index in [0.29, 0.717) is 25.1 Å². The monoisotopic (exact) mass is 519 g/mol. The highest BCUT2D eigenvalue weighted by Gasteiger charge is 2.30. The lowest BCUT2D eigenvalue weighted by atomic mass is 10.1. The summed E-state index contributed by atoms with van der Waals surface area (Å²) in [6.45, 7) is 5.97. The number of guanidine groups is 1. The maximum absolute atomic E-state index is 13.7. The van der Waals surface area contributed by atoms with Gasteiger partial charge in [0.15, 0.2) is 5.96 Å². The molecule has 6 nitrogen and oxygen atoms in total. The third-order valence-corrected chi connectivity index (χ3v) is 4.95. The highest BCUT2D eigenvalue weighted by molar-refractivity contribution is 14.0. The predicted octanol–water partition coefficient (Wildman–Crippen LogP) is 2.48. The fraction of sp³-hybridized carbons (Fsp3) is 0.619. The first-order chi connectivity index (χ1) is 13.5.